The van der Waals surface area contributed by atoms with Gasteiger partial charge in [-0.1, -0.05) is 0 Å². The Morgan fingerprint density at radius 3 is 2.36 bits per heavy atom. The topological polar surface area (TPSA) is 126 Å². The SMILES string of the molecule is CCOC(=O)C(C)(C)CCOC1OC(CO)C(O)C(O)C1O. The number of carbonyl (C=O) groups is 1. The molecule has 0 aromatic carbocycles. The van der Waals surface area contributed by atoms with E-state index >= 15 is 0 Å². The normalized spacial score (nSPS) is 32.8. The first-order valence-electron chi connectivity index (χ1n) is 7.34. The minimum absolute atomic E-state index is 0.0779. The molecule has 1 rings (SSSR count). The Morgan fingerprint density at radius 1 is 1.18 bits per heavy atom. The third-order valence-electron chi connectivity index (χ3n) is 3.69. The fraction of sp³-hybridized carbons (Fsp3) is 0.929. The minimum Gasteiger partial charge on any atom is -0.466 e. The zero-order valence-electron chi connectivity index (χ0n) is 13.1. The number of hydrogen-bond donors (Lipinski definition) is 4. The summed E-state index contributed by atoms with van der Waals surface area (Å²) in [5.74, 6) is -0.354. The van der Waals surface area contributed by atoms with Crippen LogP contribution in [0.1, 0.15) is 27.2 Å². The number of aliphatic hydroxyl groups is 4. The molecule has 4 N–H and O–H groups in total. The zero-order valence-corrected chi connectivity index (χ0v) is 13.1. The lowest BCUT2D eigenvalue weighted by Gasteiger charge is -2.39. The Hall–Kier alpha value is -0.770. The predicted molar refractivity (Wildman–Crippen MR) is 74.8 cm³/mol. The van der Waals surface area contributed by atoms with Crippen LogP contribution in [0.5, 0.6) is 0 Å². The van der Waals surface area contributed by atoms with Crippen molar-refractivity contribution < 1.29 is 39.4 Å². The van der Waals surface area contributed by atoms with Gasteiger partial charge in [-0.2, -0.15) is 0 Å². The van der Waals surface area contributed by atoms with Crippen molar-refractivity contribution in [2.45, 2.75) is 57.9 Å². The molecule has 1 aliphatic rings. The number of rotatable bonds is 7. The molecule has 0 bridgehead atoms. The van der Waals surface area contributed by atoms with Gasteiger partial charge in [-0.25, -0.2) is 0 Å². The first kappa shape index (κ1) is 19.3. The molecule has 1 aliphatic heterocycles. The van der Waals surface area contributed by atoms with E-state index in [4.69, 9.17) is 19.3 Å². The molecule has 130 valence electrons. The van der Waals surface area contributed by atoms with E-state index in [0.29, 0.717) is 6.42 Å². The van der Waals surface area contributed by atoms with Gasteiger partial charge in [-0.05, 0) is 27.2 Å². The van der Waals surface area contributed by atoms with Crippen molar-refractivity contribution in [3.8, 4) is 0 Å². The van der Waals surface area contributed by atoms with Crippen LogP contribution in [0.3, 0.4) is 0 Å². The second-order valence-electron chi connectivity index (χ2n) is 5.92. The van der Waals surface area contributed by atoms with Crippen LogP contribution in [-0.4, -0.2) is 76.9 Å². The molecule has 0 aliphatic carbocycles. The van der Waals surface area contributed by atoms with Crippen molar-refractivity contribution in [3.05, 3.63) is 0 Å². The van der Waals surface area contributed by atoms with Crippen LogP contribution >= 0.6 is 0 Å². The molecule has 0 spiro atoms. The lowest BCUT2D eigenvalue weighted by atomic mass is 9.90. The van der Waals surface area contributed by atoms with Gasteiger partial charge in [0.1, 0.15) is 24.4 Å². The summed E-state index contributed by atoms with van der Waals surface area (Å²) in [4.78, 5) is 11.7. The summed E-state index contributed by atoms with van der Waals surface area (Å²) in [5.41, 5.74) is -0.760. The van der Waals surface area contributed by atoms with E-state index in [2.05, 4.69) is 0 Å². The number of esters is 1. The van der Waals surface area contributed by atoms with Gasteiger partial charge in [0.15, 0.2) is 6.29 Å². The van der Waals surface area contributed by atoms with Gasteiger partial charge in [0.05, 0.1) is 25.2 Å². The summed E-state index contributed by atoms with van der Waals surface area (Å²) in [5, 5.41) is 38.2. The van der Waals surface area contributed by atoms with Crippen LogP contribution in [0.2, 0.25) is 0 Å². The van der Waals surface area contributed by atoms with Crippen molar-refractivity contribution in [2.75, 3.05) is 19.8 Å². The maximum absolute atomic E-state index is 11.7. The molecular weight excluding hydrogens is 296 g/mol. The standard InChI is InChI=1S/C14H26O8/c1-4-20-13(19)14(2,3)5-6-21-12-11(18)10(17)9(16)8(7-15)22-12/h8-12,15-18H,4-7H2,1-3H3. The van der Waals surface area contributed by atoms with Gasteiger partial charge in [-0.3, -0.25) is 4.79 Å². The molecule has 5 unspecified atom stereocenters. The highest BCUT2D eigenvalue weighted by atomic mass is 16.7. The largest absolute Gasteiger partial charge is 0.466 e. The van der Waals surface area contributed by atoms with Crippen molar-refractivity contribution in [2.24, 2.45) is 5.41 Å². The smallest absolute Gasteiger partial charge is 0.311 e. The quantitative estimate of drug-likeness (QED) is 0.430. The van der Waals surface area contributed by atoms with Crippen molar-refractivity contribution in [1.29, 1.82) is 0 Å². The zero-order chi connectivity index (χ0) is 16.9. The summed E-state index contributed by atoms with van der Waals surface area (Å²) in [6.07, 6.45) is -6.22. The maximum Gasteiger partial charge on any atom is 0.311 e. The van der Waals surface area contributed by atoms with Crippen LogP contribution in [0.15, 0.2) is 0 Å². The Labute approximate surface area is 129 Å². The van der Waals surface area contributed by atoms with E-state index in [9.17, 15) is 20.1 Å². The van der Waals surface area contributed by atoms with Gasteiger partial charge >= 0.3 is 5.97 Å². The summed E-state index contributed by atoms with van der Waals surface area (Å²) >= 11 is 0. The molecule has 8 heteroatoms. The molecule has 22 heavy (non-hydrogen) atoms. The Morgan fingerprint density at radius 2 is 1.82 bits per heavy atom. The lowest BCUT2D eigenvalue weighted by Crippen LogP contribution is -2.59. The summed E-state index contributed by atoms with van der Waals surface area (Å²) in [6.45, 7) is 4.99. The van der Waals surface area contributed by atoms with Crippen LogP contribution in [-0.2, 0) is 19.0 Å². The number of aliphatic hydroxyl groups excluding tert-OH is 4. The predicted octanol–water partition coefficient (Wildman–Crippen LogP) is -1.22. The molecular formula is C14H26O8. The van der Waals surface area contributed by atoms with E-state index in [1.807, 2.05) is 0 Å². The first-order chi connectivity index (χ1) is 10.2. The molecule has 0 aromatic heterocycles. The molecule has 0 saturated carbocycles. The molecule has 0 radical (unpaired) electrons. The van der Waals surface area contributed by atoms with Crippen molar-refractivity contribution in [1.82, 2.24) is 0 Å². The van der Waals surface area contributed by atoms with Crippen LogP contribution in [0, 0.1) is 5.41 Å². The maximum atomic E-state index is 11.7. The molecule has 1 fully saturated rings. The van der Waals surface area contributed by atoms with Gasteiger partial charge < -0.3 is 34.6 Å². The summed E-state index contributed by atoms with van der Waals surface area (Å²) in [7, 11) is 0. The Balaban J connectivity index is 2.51. The number of ether oxygens (including phenoxy) is 3. The molecule has 1 saturated heterocycles. The summed E-state index contributed by atoms with van der Waals surface area (Å²) < 4.78 is 15.5. The van der Waals surface area contributed by atoms with Gasteiger partial charge in [-0.15, -0.1) is 0 Å². The van der Waals surface area contributed by atoms with Gasteiger partial charge in [0.2, 0.25) is 0 Å². The van der Waals surface area contributed by atoms with Crippen molar-refractivity contribution in [3.63, 3.8) is 0 Å². The average molecular weight is 322 g/mol. The fourth-order valence-corrected chi connectivity index (χ4v) is 2.06. The summed E-state index contributed by atoms with van der Waals surface area (Å²) in [6, 6.07) is 0. The average Bonchev–Trinajstić information content (AvgIpc) is 2.47. The highest BCUT2D eigenvalue weighted by Crippen LogP contribution is 2.25. The second kappa shape index (κ2) is 8.19. The molecule has 0 amide bonds. The van der Waals surface area contributed by atoms with Gasteiger partial charge in [0.25, 0.3) is 0 Å². The van der Waals surface area contributed by atoms with Crippen LogP contribution in [0.4, 0.5) is 0 Å². The minimum atomic E-state index is -1.48. The van der Waals surface area contributed by atoms with E-state index < -0.39 is 42.7 Å². The van der Waals surface area contributed by atoms with Gasteiger partial charge in [0, 0.05) is 0 Å². The molecule has 0 aromatic rings. The second-order valence-corrected chi connectivity index (χ2v) is 5.92. The highest BCUT2D eigenvalue weighted by Gasteiger charge is 2.44. The third-order valence-corrected chi connectivity index (χ3v) is 3.69. The van der Waals surface area contributed by atoms with Crippen molar-refractivity contribution >= 4 is 5.97 Å². The van der Waals surface area contributed by atoms with Crippen LogP contribution in [0.25, 0.3) is 0 Å². The Kier molecular flexibility index (Phi) is 7.17. The molecule has 1 heterocycles. The van der Waals surface area contributed by atoms with Crippen LogP contribution < -0.4 is 0 Å². The molecule has 8 nitrogen and oxygen atoms in total. The van der Waals surface area contributed by atoms with E-state index in [-0.39, 0.29) is 19.2 Å². The van der Waals surface area contributed by atoms with E-state index in [1.165, 1.54) is 0 Å². The fourth-order valence-electron chi connectivity index (χ4n) is 2.06. The van der Waals surface area contributed by atoms with E-state index in [1.54, 1.807) is 20.8 Å². The molecule has 5 atom stereocenters. The highest BCUT2D eigenvalue weighted by molar-refractivity contribution is 5.75. The van der Waals surface area contributed by atoms with E-state index in [0.717, 1.165) is 0 Å². The Bertz CT molecular complexity index is 357. The third kappa shape index (κ3) is 4.61. The monoisotopic (exact) mass is 322 g/mol. The number of hydrogen-bond acceptors (Lipinski definition) is 8. The lowest BCUT2D eigenvalue weighted by molar-refractivity contribution is -0.301. The first-order valence-corrected chi connectivity index (χ1v) is 7.34. The number of carbonyl (C=O) groups excluding carboxylic acids is 1.